The van der Waals surface area contributed by atoms with Gasteiger partial charge in [0, 0.05) is 5.92 Å². The number of esters is 3. The first-order chi connectivity index (χ1) is 7.09. The highest BCUT2D eigenvalue weighted by molar-refractivity contribution is 6.00. The SMILES string of the molecule is C=C1OC(=O)C2C1CC1C(=O)OC(=O)C12. The summed E-state index contributed by atoms with van der Waals surface area (Å²) in [5.41, 5.74) is 0. The van der Waals surface area contributed by atoms with E-state index in [2.05, 4.69) is 11.3 Å². The number of hydrogen-bond acceptors (Lipinski definition) is 5. The molecule has 0 radical (unpaired) electrons. The molecule has 2 heterocycles. The Morgan fingerprint density at radius 2 is 1.53 bits per heavy atom. The van der Waals surface area contributed by atoms with Crippen LogP contribution in [0, 0.1) is 23.7 Å². The predicted octanol–water partition coefficient (Wildman–Crippen LogP) is 0.00880. The Labute approximate surface area is 85.0 Å². The molecule has 4 unspecified atom stereocenters. The van der Waals surface area contributed by atoms with Gasteiger partial charge in [-0.1, -0.05) is 6.58 Å². The van der Waals surface area contributed by atoms with Crippen molar-refractivity contribution in [2.45, 2.75) is 6.42 Å². The maximum atomic E-state index is 11.5. The standard InChI is InChI=1S/C10H8O5/c1-3-4-2-5-7(6(4)9(12)14-3)10(13)15-8(5)11/h4-7H,1-2H2. The lowest BCUT2D eigenvalue weighted by Gasteiger charge is -2.06. The van der Waals surface area contributed by atoms with Crippen molar-refractivity contribution in [1.29, 1.82) is 0 Å². The van der Waals surface area contributed by atoms with Gasteiger partial charge in [0.15, 0.2) is 0 Å². The zero-order chi connectivity index (χ0) is 10.7. The second-order valence-electron chi connectivity index (χ2n) is 4.13. The molecule has 0 amide bonds. The summed E-state index contributed by atoms with van der Waals surface area (Å²) in [6.45, 7) is 3.62. The van der Waals surface area contributed by atoms with Crippen molar-refractivity contribution in [3.8, 4) is 0 Å². The Kier molecular flexibility index (Phi) is 1.43. The smallest absolute Gasteiger partial charge is 0.318 e. The lowest BCUT2D eigenvalue weighted by molar-refractivity contribution is -0.156. The van der Waals surface area contributed by atoms with Gasteiger partial charge < -0.3 is 9.47 Å². The summed E-state index contributed by atoms with van der Waals surface area (Å²) in [7, 11) is 0. The summed E-state index contributed by atoms with van der Waals surface area (Å²) >= 11 is 0. The minimum Gasteiger partial charge on any atom is -0.431 e. The molecule has 1 aliphatic carbocycles. The Balaban J connectivity index is 2.03. The Hall–Kier alpha value is -1.65. The molecular formula is C10H8O5. The van der Waals surface area contributed by atoms with E-state index >= 15 is 0 Å². The maximum Gasteiger partial charge on any atom is 0.318 e. The summed E-state index contributed by atoms with van der Waals surface area (Å²) in [5, 5.41) is 0. The van der Waals surface area contributed by atoms with Gasteiger partial charge in [0.1, 0.15) is 5.76 Å². The average molecular weight is 208 g/mol. The Bertz CT molecular complexity index is 372. The van der Waals surface area contributed by atoms with Crippen molar-refractivity contribution in [2.75, 3.05) is 0 Å². The topological polar surface area (TPSA) is 69.7 Å². The van der Waals surface area contributed by atoms with E-state index in [9.17, 15) is 14.4 Å². The first-order valence-electron chi connectivity index (χ1n) is 4.75. The van der Waals surface area contributed by atoms with Crippen LogP contribution in [0.3, 0.4) is 0 Å². The number of carbonyl (C=O) groups excluding carboxylic acids is 3. The number of allylic oxidation sites excluding steroid dienone is 1. The molecule has 0 aromatic heterocycles. The van der Waals surface area contributed by atoms with Gasteiger partial charge in [-0.25, -0.2) is 0 Å². The molecule has 0 bridgehead atoms. The van der Waals surface area contributed by atoms with E-state index in [1.165, 1.54) is 0 Å². The number of cyclic esters (lactones) is 3. The fraction of sp³-hybridized carbons (Fsp3) is 0.500. The Morgan fingerprint density at radius 3 is 2.27 bits per heavy atom. The van der Waals surface area contributed by atoms with Gasteiger partial charge in [-0.15, -0.1) is 0 Å². The van der Waals surface area contributed by atoms with E-state index in [-0.39, 0.29) is 5.92 Å². The van der Waals surface area contributed by atoms with E-state index in [4.69, 9.17) is 4.74 Å². The third-order valence-corrected chi connectivity index (χ3v) is 3.46. The molecule has 3 rings (SSSR count). The first kappa shape index (κ1) is 8.64. The van der Waals surface area contributed by atoms with E-state index in [1.54, 1.807) is 0 Å². The van der Waals surface area contributed by atoms with Crippen molar-refractivity contribution >= 4 is 17.9 Å². The molecule has 5 nitrogen and oxygen atoms in total. The molecule has 78 valence electrons. The number of ether oxygens (including phenoxy) is 2. The molecule has 2 saturated heterocycles. The van der Waals surface area contributed by atoms with E-state index in [0.29, 0.717) is 12.2 Å². The first-order valence-corrected chi connectivity index (χ1v) is 4.75. The molecule has 5 heteroatoms. The molecule has 0 aromatic carbocycles. The van der Waals surface area contributed by atoms with Crippen LogP contribution in [-0.4, -0.2) is 17.9 Å². The van der Waals surface area contributed by atoms with Crippen LogP contribution < -0.4 is 0 Å². The minimum absolute atomic E-state index is 0.190. The second kappa shape index (κ2) is 2.48. The molecule has 0 aromatic rings. The van der Waals surface area contributed by atoms with E-state index in [1.807, 2.05) is 0 Å². The zero-order valence-electron chi connectivity index (χ0n) is 7.76. The van der Waals surface area contributed by atoms with Crippen LogP contribution in [0.25, 0.3) is 0 Å². The van der Waals surface area contributed by atoms with Gasteiger partial charge in [-0.3, -0.25) is 14.4 Å². The van der Waals surface area contributed by atoms with Crippen LogP contribution in [0.1, 0.15) is 6.42 Å². The summed E-state index contributed by atoms with van der Waals surface area (Å²) in [6, 6.07) is 0. The van der Waals surface area contributed by atoms with Crippen LogP contribution in [0.15, 0.2) is 12.3 Å². The van der Waals surface area contributed by atoms with Gasteiger partial charge in [0.2, 0.25) is 0 Å². The lowest BCUT2D eigenvalue weighted by atomic mass is 9.89. The monoisotopic (exact) mass is 208 g/mol. The molecule has 0 N–H and O–H groups in total. The van der Waals surface area contributed by atoms with Crippen LogP contribution >= 0.6 is 0 Å². The molecule has 3 fully saturated rings. The van der Waals surface area contributed by atoms with Crippen molar-refractivity contribution in [2.24, 2.45) is 23.7 Å². The largest absolute Gasteiger partial charge is 0.431 e. The zero-order valence-corrected chi connectivity index (χ0v) is 7.76. The van der Waals surface area contributed by atoms with Crippen molar-refractivity contribution in [3.63, 3.8) is 0 Å². The normalized spacial score (nSPS) is 42.7. The van der Waals surface area contributed by atoms with Gasteiger partial charge in [-0.2, -0.15) is 0 Å². The quantitative estimate of drug-likeness (QED) is 0.414. The fourth-order valence-electron chi connectivity index (χ4n) is 2.78. The number of rotatable bonds is 0. The number of hydrogen-bond donors (Lipinski definition) is 0. The average Bonchev–Trinajstić information content (AvgIpc) is 2.72. The van der Waals surface area contributed by atoms with E-state index in [0.717, 1.165) is 0 Å². The molecule has 0 spiro atoms. The molecule has 2 aliphatic heterocycles. The van der Waals surface area contributed by atoms with Crippen molar-refractivity contribution in [1.82, 2.24) is 0 Å². The van der Waals surface area contributed by atoms with Crippen LogP contribution in [0.4, 0.5) is 0 Å². The summed E-state index contributed by atoms with van der Waals surface area (Å²) in [6.07, 6.45) is 0.435. The third kappa shape index (κ3) is 0.900. The van der Waals surface area contributed by atoms with Gasteiger partial charge in [0.25, 0.3) is 0 Å². The number of fused-ring (bicyclic) bond motifs is 3. The molecule has 1 saturated carbocycles. The number of carbonyl (C=O) groups is 3. The van der Waals surface area contributed by atoms with Gasteiger partial charge in [-0.05, 0) is 6.42 Å². The maximum absolute atomic E-state index is 11.5. The second-order valence-corrected chi connectivity index (χ2v) is 4.13. The Morgan fingerprint density at radius 1 is 0.933 bits per heavy atom. The molecule has 15 heavy (non-hydrogen) atoms. The predicted molar refractivity (Wildman–Crippen MR) is 44.9 cm³/mol. The van der Waals surface area contributed by atoms with Crippen LogP contribution in [0.2, 0.25) is 0 Å². The summed E-state index contributed by atoms with van der Waals surface area (Å²) < 4.78 is 9.37. The van der Waals surface area contributed by atoms with E-state index < -0.39 is 35.7 Å². The fourth-order valence-corrected chi connectivity index (χ4v) is 2.78. The highest BCUT2D eigenvalue weighted by atomic mass is 16.6. The molecular weight excluding hydrogens is 200 g/mol. The highest BCUT2D eigenvalue weighted by Crippen LogP contribution is 2.52. The lowest BCUT2D eigenvalue weighted by Crippen LogP contribution is -2.24. The minimum atomic E-state index is -0.644. The van der Waals surface area contributed by atoms with Crippen LogP contribution in [0.5, 0.6) is 0 Å². The van der Waals surface area contributed by atoms with Crippen molar-refractivity contribution in [3.05, 3.63) is 12.3 Å². The van der Waals surface area contributed by atoms with Crippen molar-refractivity contribution < 1.29 is 23.9 Å². The molecule has 4 atom stereocenters. The van der Waals surface area contributed by atoms with Gasteiger partial charge >= 0.3 is 17.9 Å². The van der Waals surface area contributed by atoms with Gasteiger partial charge in [0.05, 0.1) is 17.8 Å². The van der Waals surface area contributed by atoms with Crippen LogP contribution in [-0.2, 0) is 23.9 Å². The summed E-state index contributed by atoms with van der Waals surface area (Å²) in [4.78, 5) is 34.1. The summed E-state index contributed by atoms with van der Waals surface area (Å²) in [5.74, 6) is -3.05. The highest BCUT2D eigenvalue weighted by Gasteiger charge is 2.63. The molecule has 3 aliphatic rings. The third-order valence-electron chi connectivity index (χ3n) is 3.46.